The summed E-state index contributed by atoms with van der Waals surface area (Å²) in [4.78, 5) is 18.0. The van der Waals surface area contributed by atoms with Crippen LogP contribution in [0.3, 0.4) is 0 Å². The van der Waals surface area contributed by atoms with Gasteiger partial charge in [0, 0.05) is 56.6 Å². The maximum atomic E-state index is 11.9. The fraction of sp³-hybridized carbons (Fsp3) is 0.429. The molecule has 2 N–H and O–H groups in total. The fourth-order valence-corrected chi connectivity index (χ4v) is 3.48. The average Bonchev–Trinajstić information content (AvgIpc) is 2.72. The van der Waals surface area contributed by atoms with E-state index in [0.29, 0.717) is 18.8 Å². The second-order valence-electron chi connectivity index (χ2n) is 6.88. The van der Waals surface area contributed by atoms with Gasteiger partial charge in [-0.3, -0.25) is 9.69 Å². The number of nitrogens with one attached hydrogen (secondary N) is 1. The Morgan fingerprint density at radius 3 is 2.57 bits per heavy atom. The highest BCUT2D eigenvalue weighted by Gasteiger charge is 2.23. The van der Waals surface area contributed by atoms with Crippen LogP contribution in [0.1, 0.15) is 30.4 Å². The molecule has 0 bridgehead atoms. The van der Waals surface area contributed by atoms with E-state index in [9.17, 15) is 4.79 Å². The van der Waals surface area contributed by atoms with Crippen LogP contribution >= 0.6 is 0 Å². The molecule has 0 aliphatic carbocycles. The smallest absolute Gasteiger partial charge is 0.225 e. The summed E-state index contributed by atoms with van der Waals surface area (Å²) in [6.07, 6.45) is 3.18. The average molecular weight is 385 g/mol. The Kier molecular flexibility index (Phi) is 6.36. The number of hydrogen-bond acceptors (Lipinski definition) is 6. The van der Waals surface area contributed by atoms with Crippen molar-refractivity contribution in [2.75, 3.05) is 44.1 Å². The molecule has 0 spiro atoms. The number of aromatic nitrogens is 1. The number of methoxy groups -OCH3 is 2. The highest BCUT2D eigenvalue weighted by Crippen LogP contribution is 2.35. The van der Waals surface area contributed by atoms with Crippen molar-refractivity contribution in [3.8, 4) is 11.5 Å². The van der Waals surface area contributed by atoms with E-state index in [0.717, 1.165) is 41.3 Å². The van der Waals surface area contributed by atoms with Crippen LogP contribution in [0.2, 0.25) is 0 Å². The number of nitrogens with zero attached hydrogens (tertiary/aromatic N) is 2. The summed E-state index contributed by atoms with van der Waals surface area (Å²) in [5.74, 6) is 2.33. The van der Waals surface area contributed by atoms with Crippen LogP contribution < -0.4 is 19.7 Å². The van der Waals surface area contributed by atoms with Crippen LogP contribution in [0.4, 0.5) is 11.5 Å². The van der Waals surface area contributed by atoms with E-state index < -0.39 is 0 Å². The third kappa shape index (κ3) is 4.36. The molecule has 1 amide bonds. The number of carbonyl (C=O) groups excluding carboxylic acids is 1. The monoisotopic (exact) mass is 385 g/mol. The van der Waals surface area contributed by atoms with E-state index in [1.807, 2.05) is 30.5 Å². The molecule has 7 nitrogen and oxygen atoms in total. The lowest BCUT2D eigenvalue weighted by Gasteiger charge is -2.28. The molecule has 1 aromatic heterocycles. The van der Waals surface area contributed by atoms with Gasteiger partial charge in [-0.1, -0.05) is 0 Å². The minimum absolute atomic E-state index is 0.0403. The highest BCUT2D eigenvalue weighted by atomic mass is 16.5. The second-order valence-corrected chi connectivity index (χ2v) is 6.88. The first-order chi connectivity index (χ1) is 13.5. The number of rotatable bonds is 7. The summed E-state index contributed by atoms with van der Waals surface area (Å²) < 4.78 is 10.8. The lowest BCUT2D eigenvalue weighted by Crippen LogP contribution is -2.31. The van der Waals surface area contributed by atoms with Crippen LogP contribution in [-0.2, 0) is 11.2 Å². The van der Waals surface area contributed by atoms with Gasteiger partial charge in [0.05, 0.1) is 14.2 Å². The van der Waals surface area contributed by atoms with Gasteiger partial charge >= 0.3 is 0 Å². The summed E-state index contributed by atoms with van der Waals surface area (Å²) in [7, 11) is 3.30. The molecule has 1 aliphatic heterocycles. The van der Waals surface area contributed by atoms with Gasteiger partial charge in [0.15, 0.2) is 0 Å². The summed E-state index contributed by atoms with van der Waals surface area (Å²) in [5.41, 5.74) is 3.24. The number of benzene rings is 1. The molecule has 150 valence electrons. The fourth-order valence-electron chi connectivity index (χ4n) is 3.48. The molecule has 0 radical (unpaired) electrons. The molecule has 0 saturated carbocycles. The number of pyridine rings is 1. The Balaban J connectivity index is 1.82. The maximum absolute atomic E-state index is 11.9. The van der Waals surface area contributed by atoms with Crippen LogP contribution in [0.25, 0.3) is 0 Å². The van der Waals surface area contributed by atoms with E-state index in [2.05, 4.69) is 10.3 Å². The van der Waals surface area contributed by atoms with E-state index in [4.69, 9.17) is 14.6 Å². The molecule has 7 heteroatoms. The lowest BCUT2D eigenvalue weighted by atomic mass is 9.88. The van der Waals surface area contributed by atoms with Crippen molar-refractivity contribution in [1.82, 2.24) is 4.98 Å². The number of aliphatic hydroxyl groups excluding tert-OH is 1. The molecule has 28 heavy (non-hydrogen) atoms. The van der Waals surface area contributed by atoms with Crippen molar-refractivity contribution in [2.45, 2.75) is 25.7 Å². The largest absolute Gasteiger partial charge is 0.497 e. The third-order valence-corrected chi connectivity index (χ3v) is 5.02. The van der Waals surface area contributed by atoms with E-state index in [1.165, 1.54) is 6.92 Å². The van der Waals surface area contributed by atoms with Crippen molar-refractivity contribution in [1.29, 1.82) is 0 Å². The number of carbonyl (C=O) groups is 1. The van der Waals surface area contributed by atoms with E-state index in [1.54, 1.807) is 19.1 Å². The van der Waals surface area contributed by atoms with Crippen molar-refractivity contribution < 1.29 is 19.4 Å². The zero-order chi connectivity index (χ0) is 20.1. The third-order valence-electron chi connectivity index (χ3n) is 5.02. The number of amides is 1. The normalized spacial score (nSPS) is 15.4. The highest BCUT2D eigenvalue weighted by molar-refractivity contribution is 5.91. The summed E-state index contributed by atoms with van der Waals surface area (Å²) >= 11 is 0. The molecular weight excluding hydrogens is 358 g/mol. The Hall–Kier alpha value is -2.80. The standard InChI is InChI=1S/C21H27N3O4/c1-14(26)24(5-4-6-25)21-11-20-17(13-23-21)7-16(12-22-20)15-8-18(27-2)10-19(9-15)28-3/h8-11,13,16,22,25H,4-7,12H2,1-3H3. The molecule has 1 aromatic carbocycles. The van der Waals surface area contributed by atoms with Gasteiger partial charge in [0.25, 0.3) is 0 Å². The first-order valence-corrected chi connectivity index (χ1v) is 9.40. The van der Waals surface area contributed by atoms with Gasteiger partial charge in [0.1, 0.15) is 17.3 Å². The van der Waals surface area contributed by atoms with Gasteiger partial charge in [-0.25, -0.2) is 4.98 Å². The molecule has 2 heterocycles. The first kappa shape index (κ1) is 19.9. The number of fused-ring (bicyclic) bond motifs is 1. The van der Waals surface area contributed by atoms with Crippen LogP contribution in [0.5, 0.6) is 11.5 Å². The number of anilines is 2. The summed E-state index contributed by atoms with van der Waals surface area (Å²) in [5, 5.41) is 12.5. The molecule has 1 aliphatic rings. The van der Waals surface area contributed by atoms with Crippen LogP contribution in [-0.4, -0.2) is 49.9 Å². The number of aliphatic hydroxyl groups is 1. The van der Waals surface area contributed by atoms with Crippen molar-refractivity contribution in [3.05, 3.63) is 41.6 Å². The van der Waals surface area contributed by atoms with E-state index >= 15 is 0 Å². The zero-order valence-corrected chi connectivity index (χ0v) is 16.6. The summed E-state index contributed by atoms with van der Waals surface area (Å²) in [6.45, 7) is 2.77. The van der Waals surface area contributed by atoms with Gasteiger partial charge in [-0.2, -0.15) is 0 Å². The summed E-state index contributed by atoms with van der Waals surface area (Å²) in [6, 6.07) is 7.85. The molecule has 3 rings (SSSR count). The molecule has 0 saturated heterocycles. The van der Waals surface area contributed by atoms with Gasteiger partial charge in [0.2, 0.25) is 5.91 Å². The minimum Gasteiger partial charge on any atom is -0.497 e. The van der Waals surface area contributed by atoms with Crippen LogP contribution in [0.15, 0.2) is 30.5 Å². The molecular formula is C21H27N3O4. The number of hydrogen-bond donors (Lipinski definition) is 2. The zero-order valence-electron chi connectivity index (χ0n) is 16.6. The Morgan fingerprint density at radius 1 is 1.25 bits per heavy atom. The maximum Gasteiger partial charge on any atom is 0.225 e. The van der Waals surface area contributed by atoms with Crippen molar-refractivity contribution in [2.24, 2.45) is 0 Å². The minimum atomic E-state index is -0.0851. The SMILES string of the molecule is COc1cc(OC)cc(C2CNc3cc(N(CCCO)C(C)=O)ncc3C2)c1. The lowest BCUT2D eigenvalue weighted by molar-refractivity contribution is -0.116. The van der Waals surface area contributed by atoms with E-state index in [-0.39, 0.29) is 18.4 Å². The topological polar surface area (TPSA) is 83.9 Å². The Labute approximate surface area is 165 Å². The van der Waals surface area contributed by atoms with Crippen molar-refractivity contribution >= 4 is 17.4 Å². The van der Waals surface area contributed by atoms with Gasteiger partial charge in [-0.05, 0) is 36.1 Å². The second kappa shape index (κ2) is 8.93. The molecule has 2 aromatic rings. The van der Waals surface area contributed by atoms with Gasteiger partial charge in [-0.15, -0.1) is 0 Å². The quantitative estimate of drug-likeness (QED) is 0.762. The van der Waals surface area contributed by atoms with Crippen LogP contribution in [0, 0.1) is 0 Å². The van der Waals surface area contributed by atoms with Crippen molar-refractivity contribution in [3.63, 3.8) is 0 Å². The first-order valence-electron chi connectivity index (χ1n) is 9.40. The molecule has 1 atom stereocenters. The van der Waals surface area contributed by atoms with Gasteiger partial charge < -0.3 is 19.9 Å². The predicted octanol–water partition coefficient (Wildman–Crippen LogP) is 2.59. The Bertz CT molecular complexity index is 818. The Morgan fingerprint density at radius 2 is 1.96 bits per heavy atom. The molecule has 1 unspecified atom stereocenters. The number of ether oxygens (including phenoxy) is 2. The predicted molar refractivity (Wildman–Crippen MR) is 108 cm³/mol. The molecule has 0 fully saturated rings.